The summed E-state index contributed by atoms with van der Waals surface area (Å²) in [4.78, 5) is 22.4. The molecule has 0 saturated carbocycles. The molecule has 1 aromatic heterocycles. The molecule has 0 radical (unpaired) electrons. The highest BCUT2D eigenvalue weighted by Gasteiger charge is 2.06. The molecule has 0 aliphatic rings. The number of aliphatic hydroxyl groups excluding tert-OH is 1. The predicted octanol–water partition coefficient (Wildman–Crippen LogP) is -0.492. The average molecular weight is 226 g/mol. The molecule has 3 N–H and O–H groups in total. The van der Waals surface area contributed by atoms with Crippen LogP contribution in [0.5, 0.6) is 0 Å². The molecule has 1 aromatic rings. The Balaban J connectivity index is 2.16. The maximum Gasteiger partial charge on any atom is 0.254 e. The van der Waals surface area contributed by atoms with Crippen molar-refractivity contribution < 1.29 is 19.1 Å². The van der Waals surface area contributed by atoms with Crippen molar-refractivity contribution in [2.75, 3.05) is 19.7 Å². The number of furan rings is 1. The Morgan fingerprint density at radius 1 is 1.31 bits per heavy atom. The Labute approximate surface area is 92.6 Å². The van der Waals surface area contributed by atoms with Gasteiger partial charge in [-0.25, -0.2) is 0 Å². The second kappa shape index (κ2) is 6.62. The summed E-state index contributed by atoms with van der Waals surface area (Å²) in [5.41, 5.74) is 0.427. The van der Waals surface area contributed by atoms with Gasteiger partial charge in [0.25, 0.3) is 5.91 Å². The standard InChI is InChI=1S/C10H14N2O4/c13-5-4-11-9(14)1-3-12-10(15)8-2-6-16-7-8/h2,6-7,13H,1,3-5H2,(H,11,14)(H,12,15). The molecule has 0 aliphatic carbocycles. The third-order valence-electron chi connectivity index (χ3n) is 1.85. The summed E-state index contributed by atoms with van der Waals surface area (Å²) in [7, 11) is 0. The van der Waals surface area contributed by atoms with E-state index in [0.717, 1.165) is 0 Å². The Kier molecular flexibility index (Phi) is 5.07. The Morgan fingerprint density at radius 2 is 2.12 bits per heavy atom. The number of amides is 2. The molecule has 1 heterocycles. The van der Waals surface area contributed by atoms with Gasteiger partial charge in [-0.05, 0) is 6.07 Å². The molecule has 2 amide bonds. The van der Waals surface area contributed by atoms with E-state index in [4.69, 9.17) is 9.52 Å². The smallest absolute Gasteiger partial charge is 0.254 e. The zero-order valence-electron chi connectivity index (χ0n) is 8.73. The van der Waals surface area contributed by atoms with Gasteiger partial charge in [-0.15, -0.1) is 0 Å². The summed E-state index contributed by atoms with van der Waals surface area (Å²) < 4.78 is 4.75. The zero-order valence-corrected chi connectivity index (χ0v) is 8.73. The van der Waals surface area contributed by atoms with Crippen LogP contribution in [0.3, 0.4) is 0 Å². The normalized spacial score (nSPS) is 9.81. The third-order valence-corrected chi connectivity index (χ3v) is 1.85. The fourth-order valence-electron chi connectivity index (χ4n) is 1.07. The van der Waals surface area contributed by atoms with Gasteiger partial charge in [0.05, 0.1) is 18.4 Å². The van der Waals surface area contributed by atoms with Gasteiger partial charge in [0.1, 0.15) is 6.26 Å². The Bertz CT molecular complexity index is 335. The fraction of sp³-hybridized carbons (Fsp3) is 0.400. The highest BCUT2D eigenvalue weighted by molar-refractivity contribution is 5.93. The molecule has 6 nitrogen and oxygen atoms in total. The second-order valence-electron chi connectivity index (χ2n) is 3.09. The third kappa shape index (κ3) is 4.14. The van der Waals surface area contributed by atoms with Crippen molar-refractivity contribution in [3.8, 4) is 0 Å². The molecule has 16 heavy (non-hydrogen) atoms. The van der Waals surface area contributed by atoms with E-state index in [9.17, 15) is 9.59 Å². The van der Waals surface area contributed by atoms with Crippen LogP contribution in [0, 0.1) is 0 Å². The first-order valence-corrected chi connectivity index (χ1v) is 4.92. The van der Waals surface area contributed by atoms with Crippen LogP contribution in [0.1, 0.15) is 16.8 Å². The van der Waals surface area contributed by atoms with Crippen LogP contribution in [0.4, 0.5) is 0 Å². The van der Waals surface area contributed by atoms with Crippen molar-refractivity contribution in [1.82, 2.24) is 10.6 Å². The van der Waals surface area contributed by atoms with E-state index in [1.165, 1.54) is 12.5 Å². The van der Waals surface area contributed by atoms with Crippen molar-refractivity contribution in [2.24, 2.45) is 0 Å². The minimum Gasteiger partial charge on any atom is -0.472 e. The fourth-order valence-corrected chi connectivity index (χ4v) is 1.07. The van der Waals surface area contributed by atoms with Crippen LogP contribution in [-0.2, 0) is 4.79 Å². The molecule has 88 valence electrons. The van der Waals surface area contributed by atoms with Gasteiger partial charge in [-0.3, -0.25) is 9.59 Å². The number of carbonyl (C=O) groups is 2. The van der Waals surface area contributed by atoms with Crippen LogP contribution in [0.15, 0.2) is 23.0 Å². The summed E-state index contributed by atoms with van der Waals surface area (Å²) in [6, 6.07) is 1.54. The summed E-state index contributed by atoms with van der Waals surface area (Å²) in [6.07, 6.45) is 2.92. The minimum atomic E-state index is -0.274. The molecular formula is C10H14N2O4. The number of carbonyl (C=O) groups excluding carboxylic acids is 2. The zero-order chi connectivity index (χ0) is 11.8. The second-order valence-corrected chi connectivity index (χ2v) is 3.09. The van der Waals surface area contributed by atoms with Crippen molar-refractivity contribution in [1.29, 1.82) is 0 Å². The first-order valence-electron chi connectivity index (χ1n) is 4.92. The van der Waals surface area contributed by atoms with Gasteiger partial charge in [0, 0.05) is 19.5 Å². The topological polar surface area (TPSA) is 91.6 Å². The maximum atomic E-state index is 11.4. The molecule has 0 bridgehead atoms. The number of hydrogen-bond acceptors (Lipinski definition) is 4. The molecule has 0 aromatic carbocycles. The van der Waals surface area contributed by atoms with E-state index < -0.39 is 0 Å². The Hall–Kier alpha value is -1.82. The van der Waals surface area contributed by atoms with Crippen molar-refractivity contribution in [2.45, 2.75) is 6.42 Å². The number of rotatable bonds is 6. The van der Waals surface area contributed by atoms with E-state index in [2.05, 4.69) is 10.6 Å². The SMILES string of the molecule is O=C(CCNC(=O)c1ccoc1)NCCO. The summed E-state index contributed by atoms with van der Waals surface area (Å²) in [6.45, 7) is 0.392. The highest BCUT2D eigenvalue weighted by Crippen LogP contribution is 1.98. The predicted molar refractivity (Wildman–Crippen MR) is 55.8 cm³/mol. The summed E-state index contributed by atoms with van der Waals surface area (Å²) >= 11 is 0. The number of hydrogen-bond donors (Lipinski definition) is 3. The van der Waals surface area contributed by atoms with Crippen LogP contribution in [0.2, 0.25) is 0 Å². The Morgan fingerprint density at radius 3 is 2.75 bits per heavy atom. The number of aliphatic hydroxyl groups is 1. The van der Waals surface area contributed by atoms with E-state index in [-0.39, 0.29) is 37.9 Å². The molecular weight excluding hydrogens is 212 g/mol. The van der Waals surface area contributed by atoms with Gasteiger partial charge in [0.15, 0.2) is 0 Å². The molecule has 0 unspecified atom stereocenters. The largest absolute Gasteiger partial charge is 0.472 e. The molecule has 0 saturated heterocycles. The molecule has 0 spiro atoms. The maximum absolute atomic E-state index is 11.4. The lowest BCUT2D eigenvalue weighted by Gasteiger charge is -2.04. The van der Waals surface area contributed by atoms with Crippen LogP contribution >= 0.6 is 0 Å². The van der Waals surface area contributed by atoms with Crippen LogP contribution in [-0.4, -0.2) is 36.6 Å². The molecule has 0 atom stereocenters. The lowest BCUT2D eigenvalue weighted by molar-refractivity contribution is -0.121. The van der Waals surface area contributed by atoms with Crippen LogP contribution < -0.4 is 10.6 Å². The van der Waals surface area contributed by atoms with Gasteiger partial charge in [-0.1, -0.05) is 0 Å². The summed E-state index contributed by atoms with van der Waals surface area (Å²) in [5.74, 6) is -0.481. The highest BCUT2D eigenvalue weighted by atomic mass is 16.3. The van der Waals surface area contributed by atoms with Crippen molar-refractivity contribution >= 4 is 11.8 Å². The minimum absolute atomic E-state index is 0.0902. The monoisotopic (exact) mass is 226 g/mol. The van der Waals surface area contributed by atoms with Gasteiger partial charge < -0.3 is 20.2 Å². The molecule has 1 rings (SSSR count). The van der Waals surface area contributed by atoms with Crippen LogP contribution in [0.25, 0.3) is 0 Å². The molecule has 6 heteroatoms. The van der Waals surface area contributed by atoms with E-state index in [1.54, 1.807) is 6.07 Å². The molecule has 0 aliphatic heterocycles. The summed E-state index contributed by atoms with van der Waals surface area (Å²) in [5, 5.41) is 13.5. The first-order chi connectivity index (χ1) is 7.74. The lowest BCUT2D eigenvalue weighted by atomic mass is 10.3. The van der Waals surface area contributed by atoms with Gasteiger partial charge >= 0.3 is 0 Å². The first kappa shape index (κ1) is 12.3. The quantitative estimate of drug-likeness (QED) is 0.610. The van der Waals surface area contributed by atoms with Gasteiger partial charge in [0.2, 0.25) is 5.91 Å². The van der Waals surface area contributed by atoms with Crippen molar-refractivity contribution in [3.05, 3.63) is 24.2 Å². The lowest BCUT2D eigenvalue weighted by Crippen LogP contribution is -2.31. The van der Waals surface area contributed by atoms with Gasteiger partial charge in [-0.2, -0.15) is 0 Å². The van der Waals surface area contributed by atoms with Crippen molar-refractivity contribution in [3.63, 3.8) is 0 Å². The molecule has 0 fully saturated rings. The van der Waals surface area contributed by atoms with E-state index >= 15 is 0 Å². The number of nitrogens with one attached hydrogen (secondary N) is 2. The van der Waals surface area contributed by atoms with E-state index in [1.807, 2.05) is 0 Å². The van der Waals surface area contributed by atoms with E-state index in [0.29, 0.717) is 5.56 Å². The average Bonchev–Trinajstić information content (AvgIpc) is 2.79.